The summed E-state index contributed by atoms with van der Waals surface area (Å²) in [5.41, 5.74) is 1.25. The Hall–Kier alpha value is -1.68. The highest BCUT2D eigenvalue weighted by atomic mass is 19.1. The van der Waals surface area contributed by atoms with Crippen molar-refractivity contribution in [3.63, 3.8) is 0 Å². The van der Waals surface area contributed by atoms with Gasteiger partial charge in [0.1, 0.15) is 12.1 Å². The number of hydrogen-bond acceptors (Lipinski definition) is 3. The molecule has 17 heavy (non-hydrogen) atoms. The van der Waals surface area contributed by atoms with E-state index in [2.05, 4.69) is 4.98 Å². The normalized spacial score (nSPS) is 12.6. The molecule has 2 aromatic rings. The first kappa shape index (κ1) is 11.8. The maximum Gasteiger partial charge on any atom is 0.198 e. The molecule has 0 radical (unpaired) electrons. The van der Waals surface area contributed by atoms with E-state index in [1.807, 2.05) is 6.92 Å². The van der Waals surface area contributed by atoms with Crippen LogP contribution in [0.25, 0.3) is 0 Å². The van der Waals surface area contributed by atoms with Crippen molar-refractivity contribution in [3.05, 3.63) is 53.5 Å². The molecule has 1 aromatic heterocycles. The van der Waals surface area contributed by atoms with Crippen molar-refractivity contribution in [1.82, 2.24) is 4.98 Å². The van der Waals surface area contributed by atoms with Gasteiger partial charge in [0.15, 0.2) is 5.89 Å². The number of oxazole rings is 1. The third-order valence-electron chi connectivity index (χ3n) is 2.65. The maximum atomic E-state index is 13.4. The lowest BCUT2D eigenvalue weighted by atomic mass is 10.1. The van der Waals surface area contributed by atoms with Crippen LogP contribution in [0.3, 0.4) is 0 Å². The summed E-state index contributed by atoms with van der Waals surface area (Å²) >= 11 is 0. The van der Waals surface area contributed by atoms with Gasteiger partial charge in [-0.25, -0.2) is 9.37 Å². The quantitative estimate of drug-likeness (QED) is 0.885. The zero-order chi connectivity index (χ0) is 12.3. The number of rotatable bonds is 4. The van der Waals surface area contributed by atoms with Crippen LogP contribution in [0.2, 0.25) is 0 Å². The highest BCUT2D eigenvalue weighted by molar-refractivity contribution is 5.21. The summed E-state index contributed by atoms with van der Waals surface area (Å²) in [6.07, 6.45) is 1.84. The summed E-state index contributed by atoms with van der Waals surface area (Å²) in [5.74, 6) is 0.140. The minimum atomic E-state index is -0.262. The number of aromatic nitrogens is 1. The summed E-state index contributed by atoms with van der Waals surface area (Å²) in [6, 6.07) is 6.54. The van der Waals surface area contributed by atoms with Crippen LogP contribution in [0.1, 0.15) is 30.0 Å². The van der Waals surface area contributed by atoms with Gasteiger partial charge >= 0.3 is 0 Å². The molecular weight excluding hydrogens is 221 g/mol. The van der Waals surface area contributed by atoms with Gasteiger partial charge in [0.25, 0.3) is 0 Å². The van der Waals surface area contributed by atoms with Crippen LogP contribution >= 0.6 is 0 Å². The minimum Gasteiger partial charge on any atom is -0.448 e. The summed E-state index contributed by atoms with van der Waals surface area (Å²) in [5, 5.41) is 8.99. The minimum absolute atomic E-state index is 0.0195. The van der Waals surface area contributed by atoms with E-state index in [9.17, 15) is 4.39 Å². The lowest BCUT2D eigenvalue weighted by Gasteiger charge is -2.01. The Labute approximate surface area is 98.9 Å². The molecule has 2 rings (SSSR count). The predicted molar refractivity (Wildman–Crippen MR) is 61.2 cm³/mol. The Balaban J connectivity index is 2.14. The monoisotopic (exact) mass is 235 g/mol. The number of hydrogen-bond donors (Lipinski definition) is 1. The van der Waals surface area contributed by atoms with Crippen LogP contribution in [0.4, 0.5) is 4.39 Å². The maximum absolute atomic E-state index is 13.4. The second-order valence-electron chi connectivity index (χ2n) is 4.02. The van der Waals surface area contributed by atoms with E-state index in [1.165, 1.54) is 12.3 Å². The highest BCUT2D eigenvalue weighted by Crippen LogP contribution is 2.17. The van der Waals surface area contributed by atoms with Crippen LogP contribution in [0.5, 0.6) is 0 Å². The molecule has 0 bridgehead atoms. The molecule has 0 amide bonds. The molecule has 1 atom stereocenters. The van der Waals surface area contributed by atoms with Crippen molar-refractivity contribution in [1.29, 1.82) is 0 Å². The molecule has 0 fully saturated rings. The molecular formula is C13H14FNO2. The fourth-order valence-corrected chi connectivity index (χ4v) is 1.53. The molecule has 1 unspecified atom stereocenters. The Morgan fingerprint density at radius 1 is 1.41 bits per heavy atom. The molecule has 0 aliphatic heterocycles. The number of aliphatic hydroxyl groups excluding tert-OH is 1. The van der Waals surface area contributed by atoms with Crippen molar-refractivity contribution in [2.45, 2.75) is 19.3 Å². The molecule has 0 aliphatic rings. The fraction of sp³-hybridized carbons (Fsp3) is 0.308. The van der Waals surface area contributed by atoms with Crippen molar-refractivity contribution in [2.75, 3.05) is 6.61 Å². The van der Waals surface area contributed by atoms with E-state index in [1.54, 1.807) is 18.2 Å². The second kappa shape index (κ2) is 5.10. The molecule has 0 saturated carbocycles. The standard InChI is InChI=1S/C13H14FNO2/c1-9(7-16)12-8-17-13(15-12)6-10-4-2-3-5-11(10)14/h2-5,8-9,16H,6-7H2,1H3. The lowest BCUT2D eigenvalue weighted by Crippen LogP contribution is -1.99. The Morgan fingerprint density at radius 3 is 2.88 bits per heavy atom. The number of halogens is 1. The third kappa shape index (κ3) is 2.71. The summed E-state index contributed by atoms with van der Waals surface area (Å²) in [4.78, 5) is 4.22. The first-order valence-corrected chi connectivity index (χ1v) is 5.49. The summed E-state index contributed by atoms with van der Waals surface area (Å²) in [6.45, 7) is 1.87. The number of aliphatic hydroxyl groups is 1. The molecule has 0 spiro atoms. The molecule has 3 nitrogen and oxygen atoms in total. The largest absolute Gasteiger partial charge is 0.448 e. The molecule has 1 N–H and O–H groups in total. The molecule has 4 heteroatoms. The van der Waals surface area contributed by atoms with Crippen molar-refractivity contribution >= 4 is 0 Å². The molecule has 90 valence electrons. The van der Waals surface area contributed by atoms with Crippen molar-refractivity contribution in [3.8, 4) is 0 Å². The Kier molecular flexibility index (Phi) is 3.54. The summed E-state index contributed by atoms with van der Waals surface area (Å²) < 4.78 is 18.7. The van der Waals surface area contributed by atoms with E-state index in [0.29, 0.717) is 23.6 Å². The zero-order valence-electron chi connectivity index (χ0n) is 9.56. The van der Waals surface area contributed by atoms with Crippen LogP contribution < -0.4 is 0 Å². The van der Waals surface area contributed by atoms with E-state index in [0.717, 1.165) is 0 Å². The smallest absolute Gasteiger partial charge is 0.198 e. The van der Waals surface area contributed by atoms with Crippen LogP contribution in [0, 0.1) is 5.82 Å². The van der Waals surface area contributed by atoms with Gasteiger partial charge in [0.05, 0.1) is 18.7 Å². The van der Waals surface area contributed by atoms with Gasteiger partial charge in [-0.05, 0) is 11.6 Å². The van der Waals surface area contributed by atoms with E-state index < -0.39 is 0 Å². The first-order valence-electron chi connectivity index (χ1n) is 5.49. The van der Waals surface area contributed by atoms with Gasteiger partial charge in [-0.15, -0.1) is 0 Å². The fourth-order valence-electron chi connectivity index (χ4n) is 1.53. The van der Waals surface area contributed by atoms with Crippen molar-refractivity contribution < 1.29 is 13.9 Å². The van der Waals surface area contributed by atoms with Gasteiger partial charge in [-0.1, -0.05) is 25.1 Å². The van der Waals surface area contributed by atoms with Gasteiger partial charge in [0.2, 0.25) is 0 Å². The first-order chi connectivity index (χ1) is 8.20. The van der Waals surface area contributed by atoms with Gasteiger partial charge in [-0.2, -0.15) is 0 Å². The van der Waals surface area contributed by atoms with Gasteiger partial charge in [0, 0.05) is 5.92 Å². The number of nitrogens with zero attached hydrogens (tertiary/aromatic N) is 1. The average Bonchev–Trinajstić information content (AvgIpc) is 2.80. The average molecular weight is 235 g/mol. The SMILES string of the molecule is CC(CO)c1coc(Cc2ccccc2F)n1. The Morgan fingerprint density at radius 2 is 2.18 bits per heavy atom. The summed E-state index contributed by atoms with van der Waals surface area (Å²) in [7, 11) is 0. The zero-order valence-corrected chi connectivity index (χ0v) is 9.56. The highest BCUT2D eigenvalue weighted by Gasteiger charge is 2.12. The second-order valence-corrected chi connectivity index (χ2v) is 4.02. The molecule has 1 heterocycles. The topological polar surface area (TPSA) is 46.3 Å². The van der Waals surface area contributed by atoms with E-state index in [4.69, 9.17) is 9.52 Å². The van der Waals surface area contributed by atoms with Gasteiger partial charge in [-0.3, -0.25) is 0 Å². The lowest BCUT2D eigenvalue weighted by molar-refractivity contribution is 0.271. The van der Waals surface area contributed by atoms with Crippen LogP contribution in [-0.2, 0) is 6.42 Å². The van der Waals surface area contributed by atoms with Crippen LogP contribution in [0.15, 0.2) is 34.9 Å². The molecule has 1 aromatic carbocycles. The van der Waals surface area contributed by atoms with E-state index in [-0.39, 0.29) is 18.3 Å². The number of benzene rings is 1. The molecule has 0 saturated heterocycles. The predicted octanol–water partition coefficient (Wildman–Crippen LogP) is 2.50. The molecule has 0 aliphatic carbocycles. The third-order valence-corrected chi connectivity index (χ3v) is 2.65. The van der Waals surface area contributed by atoms with E-state index >= 15 is 0 Å². The van der Waals surface area contributed by atoms with Gasteiger partial charge < -0.3 is 9.52 Å². The van der Waals surface area contributed by atoms with Crippen LogP contribution in [-0.4, -0.2) is 16.7 Å². The Bertz CT molecular complexity index is 496. The van der Waals surface area contributed by atoms with Crippen molar-refractivity contribution in [2.24, 2.45) is 0 Å².